The van der Waals surface area contributed by atoms with Crippen molar-refractivity contribution in [3.63, 3.8) is 0 Å². The Morgan fingerprint density at radius 2 is 1.65 bits per heavy atom. The van der Waals surface area contributed by atoms with Crippen molar-refractivity contribution in [3.8, 4) is 0 Å². The molecular formula is C17H17F3N6. The first-order chi connectivity index (χ1) is 12.4. The van der Waals surface area contributed by atoms with Crippen LogP contribution in [0, 0.1) is 6.92 Å². The molecule has 136 valence electrons. The van der Waals surface area contributed by atoms with Crippen molar-refractivity contribution in [1.82, 2.24) is 19.4 Å². The van der Waals surface area contributed by atoms with E-state index in [0.29, 0.717) is 5.95 Å². The van der Waals surface area contributed by atoms with Crippen molar-refractivity contribution < 1.29 is 13.2 Å². The summed E-state index contributed by atoms with van der Waals surface area (Å²) in [6.45, 7) is 4.91. The summed E-state index contributed by atoms with van der Waals surface area (Å²) in [4.78, 5) is 16.6. The highest BCUT2D eigenvalue weighted by atomic mass is 19.4. The fourth-order valence-electron chi connectivity index (χ4n) is 3.06. The van der Waals surface area contributed by atoms with Gasteiger partial charge in [-0.25, -0.2) is 15.0 Å². The quantitative estimate of drug-likeness (QED) is 0.702. The van der Waals surface area contributed by atoms with E-state index in [2.05, 4.69) is 24.8 Å². The second-order valence-electron chi connectivity index (χ2n) is 6.25. The van der Waals surface area contributed by atoms with Crippen LogP contribution in [0.4, 0.5) is 24.8 Å². The summed E-state index contributed by atoms with van der Waals surface area (Å²) in [5.41, 5.74) is 1.20. The maximum absolute atomic E-state index is 12.8. The molecule has 3 aromatic rings. The Morgan fingerprint density at radius 1 is 0.923 bits per heavy atom. The predicted octanol–water partition coefficient (Wildman–Crippen LogP) is 2.78. The van der Waals surface area contributed by atoms with Gasteiger partial charge in [-0.3, -0.25) is 0 Å². The number of nitrogens with zero attached hydrogens (tertiary/aromatic N) is 6. The number of aryl methyl sites for hydroxylation is 1. The molecule has 0 aromatic carbocycles. The SMILES string of the molecule is Cc1ccnc(N2CCN(c3ccc4nc(C(F)(F)F)cn4c3)CC2)n1. The van der Waals surface area contributed by atoms with E-state index in [0.717, 1.165) is 43.8 Å². The number of anilines is 2. The van der Waals surface area contributed by atoms with Crippen LogP contribution < -0.4 is 9.80 Å². The van der Waals surface area contributed by atoms with Gasteiger partial charge in [0.05, 0.1) is 5.69 Å². The Morgan fingerprint density at radius 3 is 2.35 bits per heavy atom. The summed E-state index contributed by atoms with van der Waals surface area (Å²) < 4.78 is 39.9. The van der Waals surface area contributed by atoms with Gasteiger partial charge in [0.25, 0.3) is 0 Å². The molecule has 9 heteroatoms. The lowest BCUT2D eigenvalue weighted by atomic mass is 10.3. The molecule has 1 aliphatic rings. The molecule has 0 bridgehead atoms. The first-order valence-electron chi connectivity index (χ1n) is 8.26. The van der Waals surface area contributed by atoms with E-state index in [9.17, 15) is 13.2 Å². The highest BCUT2D eigenvalue weighted by Crippen LogP contribution is 2.29. The summed E-state index contributed by atoms with van der Waals surface area (Å²) in [5.74, 6) is 0.713. The number of pyridine rings is 1. The molecule has 0 spiro atoms. The van der Waals surface area contributed by atoms with E-state index in [1.807, 2.05) is 13.0 Å². The molecule has 3 aromatic heterocycles. The molecule has 0 N–H and O–H groups in total. The first-order valence-corrected chi connectivity index (χ1v) is 8.26. The first kappa shape index (κ1) is 16.6. The van der Waals surface area contributed by atoms with E-state index in [1.165, 1.54) is 4.40 Å². The van der Waals surface area contributed by atoms with Crippen molar-refractivity contribution in [3.05, 3.63) is 48.2 Å². The van der Waals surface area contributed by atoms with Gasteiger partial charge < -0.3 is 14.2 Å². The Hall–Kier alpha value is -2.84. The van der Waals surface area contributed by atoms with Gasteiger partial charge in [0.2, 0.25) is 5.95 Å². The number of imidazole rings is 1. The molecule has 0 unspecified atom stereocenters. The maximum Gasteiger partial charge on any atom is 0.434 e. The smallest absolute Gasteiger partial charge is 0.367 e. The third kappa shape index (κ3) is 3.16. The highest BCUT2D eigenvalue weighted by molar-refractivity contribution is 5.53. The summed E-state index contributed by atoms with van der Waals surface area (Å²) in [7, 11) is 0. The normalized spacial score (nSPS) is 15.7. The standard InChI is InChI=1S/C17H17F3N6/c1-12-4-5-21-16(22-12)25-8-6-24(7-9-25)13-2-3-15-23-14(17(18,19)20)11-26(15)10-13/h2-5,10-11H,6-9H2,1H3. The van der Waals surface area contributed by atoms with Crippen LogP contribution >= 0.6 is 0 Å². The molecule has 0 amide bonds. The van der Waals surface area contributed by atoms with Gasteiger partial charge in [-0.2, -0.15) is 13.2 Å². The minimum absolute atomic E-state index is 0.285. The molecule has 0 atom stereocenters. The van der Waals surface area contributed by atoms with E-state index < -0.39 is 11.9 Å². The van der Waals surface area contributed by atoms with Crippen LogP contribution in [0.15, 0.2) is 36.8 Å². The largest absolute Gasteiger partial charge is 0.434 e. The van der Waals surface area contributed by atoms with Gasteiger partial charge in [-0.15, -0.1) is 0 Å². The molecular weight excluding hydrogens is 345 g/mol. The van der Waals surface area contributed by atoms with Crippen molar-refractivity contribution in [1.29, 1.82) is 0 Å². The third-order valence-electron chi connectivity index (χ3n) is 4.44. The molecule has 6 nitrogen and oxygen atoms in total. The zero-order chi connectivity index (χ0) is 18.3. The zero-order valence-electron chi connectivity index (χ0n) is 14.1. The fraction of sp³-hybridized carbons (Fsp3) is 0.353. The summed E-state index contributed by atoms with van der Waals surface area (Å²) >= 11 is 0. The number of alkyl halides is 3. The average Bonchev–Trinajstić information content (AvgIpc) is 3.05. The number of rotatable bonds is 2. The van der Waals surface area contributed by atoms with Crippen molar-refractivity contribution >= 4 is 17.3 Å². The minimum atomic E-state index is -4.44. The second-order valence-corrected chi connectivity index (χ2v) is 6.25. The molecule has 0 radical (unpaired) electrons. The Kier molecular flexibility index (Phi) is 3.93. The van der Waals surface area contributed by atoms with Crippen LogP contribution in [-0.4, -0.2) is 45.5 Å². The molecule has 1 aliphatic heterocycles. The van der Waals surface area contributed by atoms with E-state index in [-0.39, 0.29) is 5.65 Å². The van der Waals surface area contributed by atoms with Gasteiger partial charge >= 0.3 is 6.18 Å². The number of hydrogen-bond donors (Lipinski definition) is 0. The zero-order valence-corrected chi connectivity index (χ0v) is 14.1. The van der Waals surface area contributed by atoms with Crippen LogP contribution in [0.25, 0.3) is 5.65 Å². The lowest BCUT2D eigenvalue weighted by molar-refractivity contribution is -0.140. The van der Waals surface area contributed by atoms with Gasteiger partial charge in [0.15, 0.2) is 5.69 Å². The molecule has 4 heterocycles. The van der Waals surface area contributed by atoms with Crippen LogP contribution in [0.2, 0.25) is 0 Å². The highest BCUT2D eigenvalue weighted by Gasteiger charge is 2.34. The monoisotopic (exact) mass is 362 g/mol. The number of fused-ring (bicyclic) bond motifs is 1. The van der Waals surface area contributed by atoms with E-state index in [1.54, 1.807) is 24.5 Å². The van der Waals surface area contributed by atoms with Crippen molar-refractivity contribution in [2.24, 2.45) is 0 Å². The van der Waals surface area contributed by atoms with Crippen LogP contribution in [0.3, 0.4) is 0 Å². The third-order valence-corrected chi connectivity index (χ3v) is 4.44. The van der Waals surface area contributed by atoms with Crippen LogP contribution in [0.5, 0.6) is 0 Å². The number of aromatic nitrogens is 4. The molecule has 1 saturated heterocycles. The Labute approximate surface area is 147 Å². The van der Waals surface area contributed by atoms with Gasteiger partial charge in [-0.1, -0.05) is 0 Å². The molecule has 4 rings (SSSR count). The lowest BCUT2D eigenvalue weighted by Crippen LogP contribution is -2.47. The molecule has 1 fully saturated rings. The fourth-order valence-corrected chi connectivity index (χ4v) is 3.06. The summed E-state index contributed by atoms with van der Waals surface area (Å²) in [6.07, 6.45) is 0.0208. The Balaban J connectivity index is 1.50. The van der Waals surface area contributed by atoms with Crippen LogP contribution in [-0.2, 0) is 6.18 Å². The molecule has 0 saturated carbocycles. The summed E-state index contributed by atoms with van der Waals surface area (Å²) in [5, 5.41) is 0. The van der Waals surface area contributed by atoms with Gasteiger partial charge in [-0.05, 0) is 25.1 Å². The number of halogens is 3. The minimum Gasteiger partial charge on any atom is -0.367 e. The van der Waals surface area contributed by atoms with Crippen LogP contribution in [0.1, 0.15) is 11.4 Å². The van der Waals surface area contributed by atoms with E-state index in [4.69, 9.17) is 0 Å². The predicted molar refractivity (Wildman–Crippen MR) is 91.4 cm³/mol. The number of hydrogen-bond acceptors (Lipinski definition) is 5. The topological polar surface area (TPSA) is 49.6 Å². The molecule has 26 heavy (non-hydrogen) atoms. The molecule has 0 aliphatic carbocycles. The van der Waals surface area contributed by atoms with Crippen molar-refractivity contribution in [2.75, 3.05) is 36.0 Å². The Bertz CT molecular complexity index is 928. The average molecular weight is 362 g/mol. The second kappa shape index (κ2) is 6.15. The maximum atomic E-state index is 12.8. The number of piperazine rings is 1. The van der Waals surface area contributed by atoms with Gasteiger partial charge in [0, 0.05) is 50.5 Å². The van der Waals surface area contributed by atoms with Crippen molar-refractivity contribution in [2.45, 2.75) is 13.1 Å². The summed E-state index contributed by atoms with van der Waals surface area (Å²) in [6, 6.07) is 5.28. The van der Waals surface area contributed by atoms with Gasteiger partial charge in [0.1, 0.15) is 5.65 Å². The lowest BCUT2D eigenvalue weighted by Gasteiger charge is -2.36. The van der Waals surface area contributed by atoms with E-state index >= 15 is 0 Å².